The molecule has 4 aromatic rings. The molecule has 0 amide bonds. The van der Waals surface area contributed by atoms with E-state index < -0.39 is 10.0 Å². The third-order valence-corrected chi connectivity index (χ3v) is 6.93. The van der Waals surface area contributed by atoms with Crippen LogP contribution in [0.4, 0.5) is 0 Å². The second-order valence-electron chi connectivity index (χ2n) is 8.01. The van der Waals surface area contributed by atoms with Gasteiger partial charge in [0.05, 0.1) is 4.90 Å². The summed E-state index contributed by atoms with van der Waals surface area (Å²) in [5, 5.41) is 13.0. The molecule has 0 unspecified atom stereocenters. The molecule has 0 radical (unpaired) electrons. The molecule has 0 aromatic heterocycles. The Bertz CT molecular complexity index is 1570. The molecule has 0 aliphatic heterocycles. The van der Waals surface area contributed by atoms with Crippen LogP contribution in [0.1, 0.15) is 28.9 Å². The van der Waals surface area contributed by atoms with Gasteiger partial charge in [-0.15, -0.1) is 0 Å². The lowest BCUT2D eigenvalue weighted by molar-refractivity contribution is 0.0992. The molecule has 4 aromatic carbocycles. The third kappa shape index (κ3) is 6.71. The number of hydrogen-bond donors (Lipinski definition) is 3. The monoisotopic (exact) mass is 579 g/mol. The lowest BCUT2D eigenvalue weighted by atomic mass is 9.99. The zero-order valence-corrected chi connectivity index (χ0v) is 21.3. The zero-order chi connectivity index (χ0) is 25.9. The number of halogens is 1. The number of sulfonamides is 1. The van der Waals surface area contributed by atoms with Crippen LogP contribution in [-0.2, 0) is 16.4 Å². The maximum atomic E-state index is 13.1. The van der Waals surface area contributed by atoms with Crippen LogP contribution in [-0.4, -0.2) is 20.0 Å². The predicted molar refractivity (Wildman–Crippen MR) is 150 cm³/mol. The second-order valence-corrected chi connectivity index (χ2v) is 10.5. The van der Waals surface area contributed by atoms with Crippen molar-refractivity contribution in [3.63, 3.8) is 0 Å². The zero-order valence-electron chi connectivity index (χ0n) is 18.9. The molecule has 7 nitrogen and oxygen atoms in total. The first kappa shape index (κ1) is 27.8. The molecule has 0 fully saturated rings. The number of amidine groups is 1. The highest BCUT2D eigenvalue weighted by Gasteiger charge is 2.16. The van der Waals surface area contributed by atoms with Gasteiger partial charge in [0.2, 0.25) is 10.0 Å². The number of carbonyl (C=O) groups excluding carboxylic acids is 1. The van der Waals surface area contributed by atoms with Crippen LogP contribution >= 0.6 is 15.9 Å². The van der Waals surface area contributed by atoms with Crippen LogP contribution in [0.15, 0.2) is 100 Å². The average Bonchev–Trinajstić information content (AvgIpc) is 2.85. The van der Waals surface area contributed by atoms with Gasteiger partial charge in [-0.2, -0.15) is 0 Å². The smallest absolute Gasteiger partial charge is 0.238 e. The van der Waals surface area contributed by atoms with Gasteiger partial charge in [0.1, 0.15) is 17.3 Å². The number of nitrogen functional groups attached to an aromatic ring is 1. The highest BCUT2D eigenvalue weighted by atomic mass is 79.9. The first-order valence-electron chi connectivity index (χ1n) is 10.8. The lowest BCUT2D eigenvalue weighted by Gasteiger charge is -2.13. The van der Waals surface area contributed by atoms with E-state index in [-0.39, 0.29) is 30.4 Å². The molecule has 0 heterocycles. The Kier molecular flexibility index (Phi) is 8.65. The summed E-state index contributed by atoms with van der Waals surface area (Å²) in [6.45, 7) is 0. The van der Waals surface area contributed by atoms with Crippen LogP contribution in [0.2, 0.25) is 0 Å². The standard InChI is InChI=1S/C27H22BrN3O4S.CH4/c28-21-13-12-19(25(16-21)35-22-5-3-4-20(14-22)27(29)30)15-24(32)18-10-8-17(9-11-18)23-6-1-2-7-26(23)36(31,33)34;/h1-14,16H,15H2,(H3,29,30)(H2,31,33,34);1H4. The molecule has 190 valence electrons. The minimum Gasteiger partial charge on any atom is -0.457 e. The van der Waals surface area contributed by atoms with E-state index in [1.807, 2.05) is 12.1 Å². The normalized spacial score (nSPS) is 10.9. The number of nitrogens with two attached hydrogens (primary N) is 2. The highest BCUT2D eigenvalue weighted by molar-refractivity contribution is 9.10. The van der Waals surface area contributed by atoms with Gasteiger partial charge >= 0.3 is 0 Å². The fourth-order valence-electron chi connectivity index (χ4n) is 3.69. The van der Waals surface area contributed by atoms with Gasteiger partial charge in [0.25, 0.3) is 0 Å². The van der Waals surface area contributed by atoms with Crippen molar-refractivity contribution in [1.82, 2.24) is 0 Å². The number of ether oxygens (including phenoxy) is 1. The van der Waals surface area contributed by atoms with Gasteiger partial charge in [0, 0.05) is 33.1 Å². The van der Waals surface area contributed by atoms with Gasteiger partial charge in [-0.1, -0.05) is 84.0 Å². The molecule has 0 saturated carbocycles. The number of carbonyl (C=O) groups is 1. The quantitative estimate of drug-likeness (QED) is 0.135. The molecule has 4 rings (SSSR count). The van der Waals surface area contributed by atoms with E-state index in [4.69, 9.17) is 21.0 Å². The van der Waals surface area contributed by atoms with E-state index in [0.29, 0.717) is 39.3 Å². The van der Waals surface area contributed by atoms with Crippen LogP contribution in [0, 0.1) is 5.41 Å². The maximum absolute atomic E-state index is 13.1. The highest BCUT2D eigenvalue weighted by Crippen LogP contribution is 2.31. The summed E-state index contributed by atoms with van der Waals surface area (Å²) in [5.41, 5.74) is 8.36. The number of hydrogen-bond acceptors (Lipinski definition) is 5. The Morgan fingerprint density at radius 1 is 0.892 bits per heavy atom. The van der Waals surface area contributed by atoms with E-state index in [1.165, 1.54) is 6.07 Å². The summed E-state index contributed by atoms with van der Waals surface area (Å²) in [7, 11) is -3.89. The van der Waals surface area contributed by atoms with Gasteiger partial charge in [-0.25, -0.2) is 13.6 Å². The van der Waals surface area contributed by atoms with Crippen molar-refractivity contribution in [2.45, 2.75) is 18.7 Å². The van der Waals surface area contributed by atoms with Crippen LogP contribution in [0.5, 0.6) is 11.5 Å². The number of benzene rings is 4. The topological polar surface area (TPSA) is 136 Å². The molecular formula is C28H26BrN3O4S. The van der Waals surface area contributed by atoms with E-state index in [2.05, 4.69) is 15.9 Å². The largest absolute Gasteiger partial charge is 0.457 e. The Morgan fingerprint density at radius 3 is 2.27 bits per heavy atom. The first-order valence-corrected chi connectivity index (χ1v) is 13.1. The molecule has 0 aliphatic carbocycles. The minimum absolute atomic E-state index is 0. The molecule has 0 atom stereocenters. The molecule has 0 aliphatic rings. The molecule has 0 saturated heterocycles. The van der Waals surface area contributed by atoms with Crippen LogP contribution in [0.25, 0.3) is 11.1 Å². The third-order valence-electron chi connectivity index (χ3n) is 5.46. The number of nitrogens with one attached hydrogen (secondary N) is 1. The Hall–Kier alpha value is -3.79. The van der Waals surface area contributed by atoms with Crippen molar-refractivity contribution in [1.29, 1.82) is 5.41 Å². The van der Waals surface area contributed by atoms with Gasteiger partial charge in [-0.05, 0) is 35.9 Å². The molecular weight excluding hydrogens is 554 g/mol. The van der Waals surface area contributed by atoms with E-state index in [0.717, 1.165) is 4.47 Å². The summed E-state index contributed by atoms with van der Waals surface area (Å²) in [6, 6.07) is 25.4. The van der Waals surface area contributed by atoms with Crippen molar-refractivity contribution in [3.8, 4) is 22.6 Å². The van der Waals surface area contributed by atoms with Crippen LogP contribution in [0.3, 0.4) is 0 Å². The summed E-state index contributed by atoms with van der Waals surface area (Å²) < 4.78 is 30.7. The van der Waals surface area contributed by atoms with Crippen molar-refractivity contribution in [3.05, 3.63) is 112 Å². The van der Waals surface area contributed by atoms with Crippen molar-refractivity contribution < 1.29 is 17.9 Å². The van der Waals surface area contributed by atoms with Gasteiger partial charge in [-0.3, -0.25) is 10.2 Å². The second kappa shape index (κ2) is 11.5. The van der Waals surface area contributed by atoms with Gasteiger partial charge < -0.3 is 10.5 Å². The SMILES string of the molecule is C.N=C(N)c1cccc(Oc2cc(Br)ccc2CC(=O)c2ccc(-c3ccccc3S(N)(=O)=O)cc2)c1. The molecule has 0 spiro atoms. The number of ketones is 1. The van der Waals surface area contributed by atoms with Crippen LogP contribution < -0.4 is 15.6 Å². The summed E-state index contributed by atoms with van der Waals surface area (Å²) >= 11 is 3.44. The van der Waals surface area contributed by atoms with E-state index in [9.17, 15) is 13.2 Å². The Morgan fingerprint density at radius 2 is 1.59 bits per heavy atom. The van der Waals surface area contributed by atoms with Gasteiger partial charge in [0.15, 0.2) is 5.78 Å². The van der Waals surface area contributed by atoms with Crippen molar-refractivity contribution in [2.75, 3.05) is 0 Å². The fourth-order valence-corrected chi connectivity index (χ4v) is 4.79. The average molecular weight is 581 g/mol. The lowest BCUT2D eigenvalue weighted by Crippen LogP contribution is -2.13. The molecule has 9 heteroatoms. The number of primary sulfonamides is 1. The number of rotatable bonds is 8. The summed E-state index contributed by atoms with van der Waals surface area (Å²) in [6.07, 6.45) is 0.0854. The van der Waals surface area contributed by atoms with Crippen molar-refractivity contribution in [2.24, 2.45) is 10.9 Å². The molecule has 37 heavy (non-hydrogen) atoms. The molecule has 0 bridgehead atoms. The maximum Gasteiger partial charge on any atom is 0.238 e. The van der Waals surface area contributed by atoms with Crippen molar-refractivity contribution >= 4 is 37.6 Å². The first-order chi connectivity index (χ1) is 17.1. The summed E-state index contributed by atoms with van der Waals surface area (Å²) in [5.74, 6) is 0.788. The van der Waals surface area contributed by atoms with E-state index >= 15 is 0 Å². The van der Waals surface area contributed by atoms with E-state index in [1.54, 1.807) is 72.8 Å². The Labute approximate surface area is 224 Å². The predicted octanol–water partition coefficient (Wildman–Crippen LogP) is 5.90. The Balaban J connectivity index is 0.00000380. The number of Topliss-reactive ketones (excluding diaryl/α,β-unsaturated/α-hetero) is 1. The molecule has 5 N–H and O–H groups in total. The minimum atomic E-state index is -3.89. The summed E-state index contributed by atoms with van der Waals surface area (Å²) in [4.78, 5) is 13.1. The fraction of sp³-hybridized carbons (Fsp3) is 0.0714.